The third-order valence-corrected chi connectivity index (χ3v) is 1.18. The molecule has 0 fully saturated rings. The van der Waals surface area contributed by atoms with Crippen molar-refractivity contribution < 1.29 is 18.3 Å². The minimum absolute atomic E-state index is 0.178. The Morgan fingerprint density at radius 2 is 1.71 bits per heavy atom. The fraction of sp³-hybridized carbons (Fsp3) is 0.286. The van der Waals surface area contributed by atoms with Crippen molar-refractivity contribution in [3.63, 3.8) is 0 Å². The van der Waals surface area contributed by atoms with Crippen LogP contribution in [-0.2, 0) is 0 Å². The van der Waals surface area contributed by atoms with Gasteiger partial charge in [0.2, 0.25) is 31.3 Å². The molecule has 0 saturated carbocycles. The molecule has 0 amide bonds. The minimum Gasteiger partial charge on any atom is -0.446 e. The lowest BCUT2D eigenvalue weighted by Gasteiger charge is -2.03. The fourth-order valence-corrected chi connectivity index (χ4v) is 0.714. The van der Waals surface area contributed by atoms with E-state index in [1.165, 1.54) is 0 Å². The second-order valence-electron chi connectivity index (χ2n) is 1.99. The van der Waals surface area contributed by atoms with E-state index in [1.807, 2.05) is 0 Å². The summed E-state index contributed by atoms with van der Waals surface area (Å²) < 4.78 is 32.2. The number of hydrogen-bond acceptors (Lipinski definition) is 5. The second kappa shape index (κ2) is 4.91. The molecule has 0 radical (unpaired) electrons. The van der Waals surface area contributed by atoms with E-state index in [0.717, 1.165) is 6.07 Å². The monoisotopic (exact) mass is 201 g/mol. The summed E-state index contributed by atoms with van der Waals surface area (Å²) in [4.78, 5) is 6.97. The normalized spacial score (nSPS) is 9.21. The number of hydrogen-bond donors (Lipinski definition) is 0. The summed E-state index contributed by atoms with van der Waals surface area (Å²) in [7, 11) is 0. The van der Waals surface area contributed by atoms with E-state index < -0.39 is 13.7 Å². The first-order chi connectivity index (χ1) is 6.80. The molecule has 0 bridgehead atoms. The third-order valence-electron chi connectivity index (χ3n) is 1.18. The van der Waals surface area contributed by atoms with E-state index in [-0.39, 0.29) is 17.6 Å². The van der Waals surface area contributed by atoms with Crippen molar-refractivity contribution in [3.8, 4) is 17.8 Å². The SMILES string of the molecule is N#Cc1nc(OCF)cc(OCF)n1. The van der Waals surface area contributed by atoms with Crippen molar-refractivity contribution in [1.82, 2.24) is 9.97 Å². The van der Waals surface area contributed by atoms with Gasteiger partial charge >= 0.3 is 0 Å². The summed E-state index contributed by atoms with van der Waals surface area (Å²) in [6.45, 7) is -2.20. The Labute approximate surface area is 77.9 Å². The Morgan fingerprint density at radius 3 is 2.07 bits per heavy atom. The van der Waals surface area contributed by atoms with Crippen LogP contribution in [0.25, 0.3) is 0 Å². The molecule has 0 spiro atoms. The van der Waals surface area contributed by atoms with Crippen molar-refractivity contribution in [1.29, 1.82) is 5.26 Å². The molecule has 1 aromatic rings. The smallest absolute Gasteiger partial charge is 0.238 e. The van der Waals surface area contributed by atoms with Gasteiger partial charge in [-0.2, -0.15) is 15.2 Å². The zero-order chi connectivity index (χ0) is 10.4. The molecule has 0 N–H and O–H groups in total. The molecule has 74 valence electrons. The summed E-state index contributed by atoms with van der Waals surface area (Å²) in [5.74, 6) is -0.635. The maximum atomic E-state index is 11.8. The number of ether oxygens (including phenoxy) is 2. The number of nitrogens with zero attached hydrogens (tertiary/aromatic N) is 3. The highest BCUT2D eigenvalue weighted by molar-refractivity contribution is 5.25. The van der Waals surface area contributed by atoms with Crippen LogP contribution in [-0.4, -0.2) is 23.7 Å². The van der Waals surface area contributed by atoms with E-state index in [0.29, 0.717) is 0 Å². The van der Waals surface area contributed by atoms with Gasteiger partial charge in [0.1, 0.15) is 6.07 Å². The summed E-state index contributed by atoms with van der Waals surface area (Å²) in [6.07, 6.45) is 0. The third kappa shape index (κ3) is 2.52. The Hall–Kier alpha value is -1.97. The van der Waals surface area contributed by atoms with Crippen LogP contribution >= 0.6 is 0 Å². The molecule has 0 aromatic carbocycles. The maximum Gasteiger partial charge on any atom is 0.238 e. The predicted molar refractivity (Wildman–Crippen MR) is 40.0 cm³/mol. The zero-order valence-corrected chi connectivity index (χ0v) is 6.91. The molecule has 5 nitrogen and oxygen atoms in total. The van der Waals surface area contributed by atoms with E-state index in [2.05, 4.69) is 19.4 Å². The Bertz CT molecular complexity index is 329. The first-order valence-electron chi connectivity index (χ1n) is 3.47. The van der Waals surface area contributed by atoms with Crippen LogP contribution in [0.4, 0.5) is 8.78 Å². The largest absolute Gasteiger partial charge is 0.446 e. The van der Waals surface area contributed by atoms with E-state index in [1.54, 1.807) is 6.07 Å². The van der Waals surface area contributed by atoms with Crippen molar-refractivity contribution in [3.05, 3.63) is 11.9 Å². The fourth-order valence-electron chi connectivity index (χ4n) is 0.714. The molecule has 0 atom stereocenters. The topological polar surface area (TPSA) is 68.0 Å². The standard InChI is InChI=1S/C7H5F2N3O2/c8-3-13-6-1-7(14-4-9)12-5(2-10)11-6/h1H,3-4H2. The van der Waals surface area contributed by atoms with Crippen LogP contribution in [0.1, 0.15) is 5.82 Å². The van der Waals surface area contributed by atoms with Gasteiger partial charge < -0.3 is 9.47 Å². The van der Waals surface area contributed by atoms with Crippen LogP contribution in [0.5, 0.6) is 11.8 Å². The first kappa shape index (κ1) is 10.1. The van der Waals surface area contributed by atoms with Crippen LogP contribution in [0.3, 0.4) is 0 Å². The molecule has 0 saturated heterocycles. The van der Waals surface area contributed by atoms with Crippen molar-refractivity contribution in [2.24, 2.45) is 0 Å². The van der Waals surface area contributed by atoms with Crippen LogP contribution in [0.15, 0.2) is 6.07 Å². The van der Waals surface area contributed by atoms with Crippen molar-refractivity contribution in [2.45, 2.75) is 0 Å². The van der Waals surface area contributed by atoms with Gasteiger partial charge in [-0.25, -0.2) is 8.78 Å². The van der Waals surface area contributed by atoms with Crippen molar-refractivity contribution in [2.75, 3.05) is 13.7 Å². The van der Waals surface area contributed by atoms with E-state index >= 15 is 0 Å². The van der Waals surface area contributed by atoms with Gasteiger partial charge in [-0.15, -0.1) is 0 Å². The molecular weight excluding hydrogens is 196 g/mol. The lowest BCUT2D eigenvalue weighted by atomic mass is 10.5. The summed E-state index contributed by atoms with van der Waals surface area (Å²) in [5.41, 5.74) is 0. The van der Waals surface area contributed by atoms with Crippen LogP contribution in [0, 0.1) is 11.3 Å². The summed E-state index contributed by atoms with van der Waals surface area (Å²) in [5, 5.41) is 8.45. The molecule has 0 unspecified atom stereocenters. The Morgan fingerprint density at radius 1 is 1.21 bits per heavy atom. The first-order valence-corrected chi connectivity index (χ1v) is 3.47. The number of alkyl halides is 2. The molecule has 7 heteroatoms. The molecular formula is C7H5F2N3O2. The lowest BCUT2D eigenvalue weighted by Crippen LogP contribution is -2.01. The Balaban J connectivity index is 2.95. The van der Waals surface area contributed by atoms with Gasteiger partial charge in [0.25, 0.3) is 0 Å². The van der Waals surface area contributed by atoms with Gasteiger partial charge in [0.15, 0.2) is 0 Å². The Kier molecular flexibility index (Phi) is 3.55. The average Bonchev–Trinajstić information content (AvgIpc) is 2.18. The minimum atomic E-state index is -1.10. The lowest BCUT2D eigenvalue weighted by molar-refractivity contribution is 0.172. The molecule has 0 aliphatic heterocycles. The zero-order valence-electron chi connectivity index (χ0n) is 6.91. The van der Waals surface area contributed by atoms with Gasteiger partial charge in [-0.1, -0.05) is 0 Å². The maximum absolute atomic E-state index is 11.8. The molecule has 0 aliphatic rings. The highest BCUT2D eigenvalue weighted by Gasteiger charge is 2.05. The molecule has 1 rings (SSSR count). The quantitative estimate of drug-likeness (QED) is 0.725. The van der Waals surface area contributed by atoms with E-state index in [4.69, 9.17) is 5.26 Å². The average molecular weight is 201 g/mol. The predicted octanol–water partition coefficient (Wildman–Crippen LogP) is 0.960. The highest BCUT2D eigenvalue weighted by Crippen LogP contribution is 2.15. The second-order valence-corrected chi connectivity index (χ2v) is 1.99. The van der Waals surface area contributed by atoms with Gasteiger partial charge in [-0.3, -0.25) is 0 Å². The van der Waals surface area contributed by atoms with Gasteiger partial charge in [-0.05, 0) is 0 Å². The number of halogens is 2. The van der Waals surface area contributed by atoms with Crippen molar-refractivity contribution >= 4 is 0 Å². The molecule has 0 aliphatic carbocycles. The van der Waals surface area contributed by atoms with E-state index in [9.17, 15) is 8.78 Å². The highest BCUT2D eigenvalue weighted by atomic mass is 19.1. The molecule has 1 heterocycles. The van der Waals surface area contributed by atoms with Gasteiger partial charge in [0, 0.05) is 0 Å². The van der Waals surface area contributed by atoms with Crippen LogP contribution in [0.2, 0.25) is 0 Å². The number of aromatic nitrogens is 2. The molecule has 14 heavy (non-hydrogen) atoms. The number of rotatable bonds is 4. The van der Waals surface area contributed by atoms with Crippen LogP contribution < -0.4 is 9.47 Å². The number of nitriles is 1. The molecule has 1 aromatic heterocycles. The van der Waals surface area contributed by atoms with Gasteiger partial charge in [0.05, 0.1) is 6.07 Å². The summed E-state index contributed by atoms with van der Waals surface area (Å²) in [6, 6.07) is 2.68. The summed E-state index contributed by atoms with van der Waals surface area (Å²) >= 11 is 0.